The molecule has 2 aromatic carbocycles. The van der Waals surface area contributed by atoms with Crippen LogP contribution in [0.15, 0.2) is 48.5 Å². The number of hydrogen-bond donors (Lipinski definition) is 0. The van der Waals surface area contributed by atoms with E-state index in [1.54, 1.807) is 12.1 Å². The molecule has 0 unspecified atom stereocenters. The second-order valence-electron chi connectivity index (χ2n) is 5.99. The van der Waals surface area contributed by atoms with Gasteiger partial charge in [0, 0.05) is 36.3 Å². The second kappa shape index (κ2) is 6.65. The smallest absolute Gasteiger partial charge is 0.264 e. The number of carbonyl (C=O) groups is 1. The summed E-state index contributed by atoms with van der Waals surface area (Å²) >= 11 is 7.60. The van der Waals surface area contributed by atoms with Gasteiger partial charge in [0.05, 0.1) is 15.6 Å². The minimum absolute atomic E-state index is 0.0283. The topological polar surface area (TPSA) is 23.6 Å². The molecule has 1 saturated heterocycles. The zero-order valence-corrected chi connectivity index (χ0v) is 15.0. The van der Waals surface area contributed by atoms with Crippen LogP contribution in [0.3, 0.4) is 0 Å². The van der Waals surface area contributed by atoms with Gasteiger partial charge in [-0.1, -0.05) is 29.8 Å². The van der Waals surface area contributed by atoms with E-state index >= 15 is 0 Å². The Kier molecular flexibility index (Phi) is 4.36. The summed E-state index contributed by atoms with van der Waals surface area (Å²) < 4.78 is 14.6. The van der Waals surface area contributed by atoms with Crippen molar-refractivity contribution in [2.24, 2.45) is 0 Å². The molecule has 0 spiro atoms. The van der Waals surface area contributed by atoms with Gasteiger partial charge in [-0.05, 0) is 30.3 Å². The van der Waals surface area contributed by atoms with Gasteiger partial charge in [0.25, 0.3) is 5.91 Å². The van der Waals surface area contributed by atoms with Gasteiger partial charge in [-0.3, -0.25) is 4.79 Å². The lowest BCUT2D eigenvalue weighted by Gasteiger charge is -2.36. The summed E-state index contributed by atoms with van der Waals surface area (Å²) in [6.07, 6.45) is 0. The summed E-state index contributed by atoms with van der Waals surface area (Å²) in [5.41, 5.74) is 1.00. The first-order valence-corrected chi connectivity index (χ1v) is 9.30. The molecule has 0 atom stereocenters. The van der Waals surface area contributed by atoms with Gasteiger partial charge in [0.15, 0.2) is 0 Å². The molecule has 1 aliphatic heterocycles. The Labute approximate surface area is 154 Å². The summed E-state index contributed by atoms with van der Waals surface area (Å²) in [7, 11) is 0. The molecule has 0 bridgehead atoms. The number of halogens is 2. The number of rotatable bonds is 2. The highest BCUT2D eigenvalue weighted by molar-refractivity contribution is 7.20. The van der Waals surface area contributed by atoms with Gasteiger partial charge in [-0.2, -0.15) is 0 Å². The number of piperazine rings is 1. The van der Waals surface area contributed by atoms with E-state index in [-0.39, 0.29) is 11.7 Å². The molecule has 1 aliphatic rings. The van der Waals surface area contributed by atoms with Crippen LogP contribution >= 0.6 is 22.9 Å². The molecule has 4 rings (SSSR count). The van der Waals surface area contributed by atoms with Gasteiger partial charge < -0.3 is 9.80 Å². The van der Waals surface area contributed by atoms with E-state index in [2.05, 4.69) is 4.90 Å². The summed E-state index contributed by atoms with van der Waals surface area (Å²) in [6.45, 7) is 2.71. The number of para-hydroxylation sites is 1. The van der Waals surface area contributed by atoms with Crippen LogP contribution in [0.25, 0.3) is 10.1 Å². The third-order valence-corrected chi connectivity index (χ3v) is 5.89. The monoisotopic (exact) mass is 374 g/mol. The predicted octanol–water partition coefficient (Wildman–Crippen LogP) is 4.66. The van der Waals surface area contributed by atoms with Gasteiger partial charge in [-0.25, -0.2) is 4.39 Å². The van der Waals surface area contributed by atoms with Crippen molar-refractivity contribution < 1.29 is 9.18 Å². The van der Waals surface area contributed by atoms with Crippen LogP contribution in [0.1, 0.15) is 9.67 Å². The van der Waals surface area contributed by atoms with Crippen LogP contribution in [0.2, 0.25) is 5.02 Å². The molecule has 1 aromatic heterocycles. The van der Waals surface area contributed by atoms with E-state index < -0.39 is 0 Å². The molecule has 1 fully saturated rings. The summed E-state index contributed by atoms with van der Waals surface area (Å²) in [4.78, 5) is 17.4. The Hall–Kier alpha value is -2.11. The van der Waals surface area contributed by atoms with Gasteiger partial charge in [0.2, 0.25) is 0 Å². The van der Waals surface area contributed by atoms with Gasteiger partial charge >= 0.3 is 0 Å². The van der Waals surface area contributed by atoms with Crippen LogP contribution in [0, 0.1) is 5.82 Å². The Bertz CT molecular complexity index is 934. The number of amides is 1. The molecule has 25 heavy (non-hydrogen) atoms. The van der Waals surface area contributed by atoms with Crippen LogP contribution in [-0.4, -0.2) is 37.0 Å². The van der Waals surface area contributed by atoms with Gasteiger partial charge in [0.1, 0.15) is 5.82 Å². The molecule has 2 heterocycles. The maximum absolute atomic E-state index is 13.8. The third kappa shape index (κ3) is 3.10. The maximum atomic E-state index is 13.8. The van der Waals surface area contributed by atoms with Crippen molar-refractivity contribution in [3.8, 4) is 0 Å². The SMILES string of the molecule is O=C(c1cc2c(F)cccc2s1)N1CCN(c2ccccc2Cl)CC1. The molecular formula is C19H16ClFN2OS. The zero-order valence-electron chi connectivity index (χ0n) is 13.4. The molecule has 1 amide bonds. The van der Waals surface area contributed by atoms with E-state index in [1.165, 1.54) is 17.4 Å². The first-order chi connectivity index (χ1) is 12.1. The number of thiophene rings is 1. The second-order valence-corrected chi connectivity index (χ2v) is 7.48. The summed E-state index contributed by atoms with van der Waals surface area (Å²) in [5.74, 6) is -0.309. The van der Waals surface area contributed by atoms with Crippen molar-refractivity contribution in [1.82, 2.24) is 4.90 Å². The molecular weight excluding hydrogens is 359 g/mol. The highest BCUT2D eigenvalue weighted by Crippen LogP contribution is 2.30. The Morgan fingerprint density at radius 1 is 1.04 bits per heavy atom. The molecule has 3 aromatic rings. The van der Waals surface area contributed by atoms with Crippen molar-refractivity contribution in [2.45, 2.75) is 0 Å². The standard InChI is InChI=1S/C19H16ClFN2OS/c20-14-4-1-2-6-16(14)22-8-10-23(11-9-22)19(24)18-12-13-15(21)5-3-7-17(13)25-18/h1-7,12H,8-11H2. The Morgan fingerprint density at radius 3 is 2.52 bits per heavy atom. The molecule has 0 saturated carbocycles. The number of carbonyl (C=O) groups excluding carboxylic acids is 1. The number of anilines is 1. The Morgan fingerprint density at radius 2 is 1.80 bits per heavy atom. The van der Waals surface area contributed by atoms with Crippen molar-refractivity contribution >= 4 is 44.6 Å². The van der Waals surface area contributed by atoms with Crippen LogP contribution in [-0.2, 0) is 0 Å². The van der Waals surface area contributed by atoms with Gasteiger partial charge in [-0.15, -0.1) is 11.3 Å². The minimum Gasteiger partial charge on any atom is -0.367 e. The fraction of sp³-hybridized carbons (Fsp3) is 0.211. The van der Waals surface area contributed by atoms with Crippen LogP contribution in [0.4, 0.5) is 10.1 Å². The van der Waals surface area contributed by atoms with Crippen molar-refractivity contribution in [2.75, 3.05) is 31.1 Å². The van der Waals surface area contributed by atoms with E-state index in [4.69, 9.17) is 11.6 Å². The first-order valence-electron chi connectivity index (χ1n) is 8.10. The number of benzene rings is 2. The van der Waals surface area contributed by atoms with Crippen molar-refractivity contribution in [3.63, 3.8) is 0 Å². The lowest BCUT2D eigenvalue weighted by Crippen LogP contribution is -2.48. The molecule has 6 heteroatoms. The molecule has 0 aliphatic carbocycles. The van der Waals surface area contributed by atoms with E-state index in [0.717, 1.165) is 28.5 Å². The summed E-state index contributed by atoms with van der Waals surface area (Å²) in [5, 5.41) is 1.24. The number of hydrogen-bond acceptors (Lipinski definition) is 3. The fourth-order valence-corrected chi connectivity index (χ4v) is 4.44. The zero-order chi connectivity index (χ0) is 17.4. The molecule has 3 nitrogen and oxygen atoms in total. The average molecular weight is 375 g/mol. The quantitative estimate of drug-likeness (QED) is 0.651. The fourth-order valence-electron chi connectivity index (χ4n) is 3.15. The van der Waals surface area contributed by atoms with Crippen molar-refractivity contribution in [1.29, 1.82) is 0 Å². The van der Waals surface area contributed by atoms with E-state index in [9.17, 15) is 9.18 Å². The van der Waals surface area contributed by atoms with Crippen LogP contribution in [0.5, 0.6) is 0 Å². The average Bonchev–Trinajstić information content (AvgIpc) is 3.07. The lowest BCUT2D eigenvalue weighted by atomic mass is 10.2. The maximum Gasteiger partial charge on any atom is 0.264 e. The Balaban J connectivity index is 1.49. The molecule has 0 N–H and O–H groups in total. The number of nitrogens with zero attached hydrogens (tertiary/aromatic N) is 2. The third-order valence-electron chi connectivity index (χ3n) is 4.48. The molecule has 128 valence electrons. The number of fused-ring (bicyclic) bond motifs is 1. The van der Waals surface area contributed by atoms with E-state index in [1.807, 2.05) is 35.2 Å². The van der Waals surface area contributed by atoms with Crippen molar-refractivity contribution in [3.05, 3.63) is 64.2 Å². The lowest BCUT2D eigenvalue weighted by molar-refractivity contribution is 0.0752. The normalized spacial score (nSPS) is 15.0. The molecule has 0 radical (unpaired) electrons. The largest absolute Gasteiger partial charge is 0.367 e. The van der Waals surface area contributed by atoms with E-state index in [0.29, 0.717) is 23.4 Å². The van der Waals surface area contributed by atoms with Crippen LogP contribution < -0.4 is 4.90 Å². The first kappa shape index (κ1) is 16.4. The summed E-state index contributed by atoms with van der Waals surface area (Å²) in [6, 6.07) is 14.3. The predicted molar refractivity (Wildman–Crippen MR) is 101 cm³/mol. The minimum atomic E-state index is -0.281. The highest BCUT2D eigenvalue weighted by atomic mass is 35.5. The highest BCUT2D eigenvalue weighted by Gasteiger charge is 2.24.